The summed E-state index contributed by atoms with van der Waals surface area (Å²) in [6.45, 7) is 4.99. The van der Waals surface area contributed by atoms with Gasteiger partial charge in [0.25, 0.3) is 11.8 Å². The zero-order valence-corrected chi connectivity index (χ0v) is 14.9. The number of pyridine rings is 1. The van der Waals surface area contributed by atoms with Crippen molar-refractivity contribution >= 4 is 22.8 Å². The van der Waals surface area contributed by atoms with Crippen LogP contribution in [0.2, 0.25) is 0 Å². The van der Waals surface area contributed by atoms with Crippen LogP contribution in [0.15, 0.2) is 18.3 Å². The molecule has 2 amide bonds. The fourth-order valence-corrected chi connectivity index (χ4v) is 3.63. The lowest BCUT2D eigenvalue weighted by atomic mass is 9.91. The van der Waals surface area contributed by atoms with E-state index in [0.29, 0.717) is 17.8 Å². The number of H-pyrrole nitrogens is 1. The summed E-state index contributed by atoms with van der Waals surface area (Å²) in [6, 6.07) is 3.27. The van der Waals surface area contributed by atoms with Crippen LogP contribution in [-0.2, 0) is 4.79 Å². The fourth-order valence-electron chi connectivity index (χ4n) is 3.63. The number of rotatable bonds is 4. The number of nitrogens with zero attached hydrogens (tertiary/aromatic N) is 3. The number of hydrogen-bond acceptors (Lipinski definition) is 4. The molecule has 1 atom stereocenters. The third-order valence-corrected chi connectivity index (χ3v) is 5.20. The predicted molar refractivity (Wildman–Crippen MR) is 93.2 cm³/mol. The summed E-state index contributed by atoms with van der Waals surface area (Å²) in [5.41, 5.74) is -0.0247. The highest BCUT2D eigenvalue weighted by Gasteiger charge is 2.51. The molecule has 8 heteroatoms. The monoisotopic (exact) mass is 359 g/mol. The van der Waals surface area contributed by atoms with Gasteiger partial charge in [-0.1, -0.05) is 13.8 Å². The summed E-state index contributed by atoms with van der Waals surface area (Å²) < 4.78 is 13.8. The molecule has 138 valence electrons. The molecule has 0 unspecified atom stereocenters. The second-order valence-electron chi connectivity index (χ2n) is 8.13. The van der Waals surface area contributed by atoms with Gasteiger partial charge in [-0.2, -0.15) is 5.10 Å². The largest absolute Gasteiger partial charge is 0.351 e. The number of carbonyl (C=O) groups is 2. The van der Waals surface area contributed by atoms with E-state index in [1.165, 1.54) is 0 Å². The van der Waals surface area contributed by atoms with Crippen molar-refractivity contribution in [3.05, 3.63) is 24.0 Å². The highest BCUT2D eigenvalue weighted by Crippen LogP contribution is 2.40. The fraction of sp³-hybridized carbons (Fsp3) is 0.556. The van der Waals surface area contributed by atoms with E-state index in [0.717, 1.165) is 11.9 Å². The van der Waals surface area contributed by atoms with Crippen LogP contribution in [0.5, 0.6) is 0 Å². The molecule has 0 radical (unpaired) electrons. The molecule has 1 aliphatic heterocycles. The molecule has 1 saturated carbocycles. The summed E-state index contributed by atoms with van der Waals surface area (Å²) >= 11 is 0. The second kappa shape index (κ2) is 5.75. The van der Waals surface area contributed by atoms with Crippen LogP contribution in [0.1, 0.15) is 43.6 Å². The van der Waals surface area contributed by atoms with E-state index < -0.39 is 11.6 Å². The molecule has 2 aromatic rings. The number of halogens is 1. The summed E-state index contributed by atoms with van der Waals surface area (Å²) in [6.07, 6.45) is 2.89. The number of aromatic amines is 1. The van der Waals surface area contributed by atoms with Crippen LogP contribution in [0, 0.1) is 5.41 Å². The Bertz CT molecular complexity index is 873. The Morgan fingerprint density at radius 2 is 2.15 bits per heavy atom. The van der Waals surface area contributed by atoms with Gasteiger partial charge in [0.05, 0.1) is 11.7 Å². The third-order valence-electron chi connectivity index (χ3n) is 5.20. The molecule has 1 aliphatic carbocycles. The van der Waals surface area contributed by atoms with Gasteiger partial charge in [-0.25, -0.2) is 9.37 Å². The highest BCUT2D eigenvalue weighted by atomic mass is 19.1. The van der Waals surface area contributed by atoms with Crippen molar-refractivity contribution < 1.29 is 14.0 Å². The summed E-state index contributed by atoms with van der Waals surface area (Å²) in [5.74, 6) is -0.744. The minimum atomic E-state index is -1.70. The summed E-state index contributed by atoms with van der Waals surface area (Å²) in [4.78, 5) is 31.0. The van der Waals surface area contributed by atoms with Gasteiger partial charge in [-0.05, 0) is 36.8 Å². The molecule has 0 aromatic carbocycles. The van der Waals surface area contributed by atoms with E-state index in [2.05, 4.69) is 34.3 Å². The lowest BCUT2D eigenvalue weighted by Crippen LogP contribution is -2.45. The number of amides is 2. The maximum atomic E-state index is 13.8. The zero-order chi connectivity index (χ0) is 18.5. The average molecular weight is 359 g/mol. The molecule has 2 N–H and O–H groups in total. The van der Waals surface area contributed by atoms with Gasteiger partial charge in [0.2, 0.25) is 0 Å². The van der Waals surface area contributed by atoms with Gasteiger partial charge in [0.15, 0.2) is 5.67 Å². The Morgan fingerprint density at radius 1 is 1.38 bits per heavy atom. The predicted octanol–water partition coefficient (Wildman–Crippen LogP) is 1.82. The van der Waals surface area contributed by atoms with E-state index >= 15 is 0 Å². The van der Waals surface area contributed by atoms with Crippen LogP contribution < -0.4 is 5.32 Å². The molecule has 26 heavy (non-hydrogen) atoms. The van der Waals surface area contributed by atoms with Gasteiger partial charge in [0, 0.05) is 19.1 Å². The van der Waals surface area contributed by atoms with Gasteiger partial charge in [0.1, 0.15) is 11.2 Å². The molecule has 2 aliphatic rings. The minimum Gasteiger partial charge on any atom is -0.351 e. The number of fused-ring (bicyclic) bond motifs is 1. The van der Waals surface area contributed by atoms with Gasteiger partial charge < -0.3 is 10.2 Å². The number of nitrogens with one attached hydrogen (secondary N) is 2. The zero-order valence-electron chi connectivity index (χ0n) is 14.9. The topological polar surface area (TPSA) is 91.0 Å². The van der Waals surface area contributed by atoms with Crippen LogP contribution in [0.4, 0.5) is 4.39 Å². The molecule has 4 rings (SSSR count). The lowest BCUT2D eigenvalue weighted by Gasteiger charge is -2.25. The van der Waals surface area contributed by atoms with Gasteiger partial charge >= 0.3 is 0 Å². The lowest BCUT2D eigenvalue weighted by molar-refractivity contribution is -0.127. The standard InChI is InChI=1S/C18H22FN5O2/c1-17(2)7-11(8-20-16(26)18(19)5-6-18)24(10-17)15(25)13-4-3-12-14(22-13)9-21-23-12/h3-4,9,11H,5-8,10H2,1-2H3,(H,20,26)(H,21,23)/t11-/m0/s1. The van der Waals surface area contributed by atoms with Crippen LogP contribution in [0.25, 0.3) is 11.0 Å². The van der Waals surface area contributed by atoms with E-state index in [1.807, 2.05) is 0 Å². The number of aromatic nitrogens is 3. The molecular formula is C18H22FN5O2. The van der Waals surface area contributed by atoms with Crippen molar-refractivity contribution in [3.63, 3.8) is 0 Å². The maximum Gasteiger partial charge on any atom is 0.272 e. The smallest absolute Gasteiger partial charge is 0.272 e. The molecule has 2 aromatic heterocycles. The highest BCUT2D eigenvalue weighted by molar-refractivity contribution is 5.95. The summed E-state index contributed by atoms with van der Waals surface area (Å²) in [5, 5.41) is 9.41. The first-order valence-corrected chi connectivity index (χ1v) is 8.86. The van der Waals surface area contributed by atoms with Crippen molar-refractivity contribution in [2.75, 3.05) is 13.1 Å². The Kier molecular flexibility index (Phi) is 3.75. The Morgan fingerprint density at radius 3 is 2.88 bits per heavy atom. The van der Waals surface area contributed by atoms with Crippen molar-refractivity contribution in [2.45, 2.75) is 44.8 Å². The third kappa shape index (κ3) is 3.04. The number of carbonyl (C=O) groups excluding carboxylic acids is 2. The summed E-state index contributed by atoms with van der Waals surface area (Å²) in [7, 11) is 0. The molecular weight excluding hydrogens is 337 g/mol. The van der Waals surface area contributed by atoms with E-state index in [4.69, 9.17) is 0 Å². The first kappa shape index (κ1) is 16.9. The number of hydrogen-bond donors (Lipinski definition) is 2. The van der Waals surface area contributed by atoms with Crippen LogP contribution in [-0.4, -0.2) is 56.7 Å². The van der Waals surface area contributed by atoms with E-state index in [-0.39, 0.29) is 36.8 Å². The minimum absolute atomic E-state index is 0.0716. The van der Waals surface area contributed by atoms with Crippen molar-refractivity contribution in [1.82, 2.24) is 25.4 Å². The Labute approximate surface area is 150 Å². The second-order valence-corrected chi connectivity index (χ2v) is 8.13. The SMILES string of the molecule is CC1(C)C[C@@H](CNC(=O)C2(F)CC2)N(C(=O)c2ccc3[nH]ncc3n2)C1. The molecule has 2 fully saturated rings. The molecule has 0 spiro atoms. The molecule has 1 saturated heterocycles. The molecule has 3 heterocycles. The maximum absolute atomic E-state index is 13.8. The van der Waals surface area contributed by atoms with Crippen LogP contribution in [0.3, 0.4) is 0 Å². The normalized spacial score (nSPS) is 23.2. The van der Waals surface area contributed by atoms with Crippen LogP contribution >= 0.6 is 0 Å². The average Bonchev–Trinajstić information content (AvgIpc) is 3.06. The van der Waals surface area contributed by atoms with Crippen molar-refractivity contribution in [1.29, 1.82) is 0 Å². The Balaban J connectivity index is 1.51. The van der Waals surface area contributed by atoms with Crippen molar-refractivity contribution in [3.8, 4) is 0 Å². The van der Waals surface area contributed by atoms with Crippen molar-refractivity contribution in [2.24, 2.45) is 5.41 Å². The van der Waals surface area contributed by atoms with E-state index in [9.17, 15) is 14.0 Å². The van der Waals surface area contributed by atoms with Gasteiger partial charge in [-0.3, -0.25) is 14.7 Å². The first-order chi connectivity index (χ1) is 12.3. The Hall–Kier alpha value is -2.51. The quantitative estimate of drug-likeness (QED) is 0.871. The number of alkyl halides is 1. The first-order valence-electron chi connectivity index (χ1n) is 8.86. The van der Waals surface area contributed by atoms with Gasteiger partial charge in [-0.15, -0.1) is 0 Å². The molecule has 0 bridgehead atoms. The number of likely N-dealkylation sites (tertiary alicyclic amines) is 1. The van der Waals surface area contributed by atoms with E-state index in [1.54, 1.807) is 23.2 Å². The molecule has 7 nitrogen and oxygen atoms in total.